The van der Waals surface area contributed by atoms with E-state index < -0.39 is 0 Å². The van der Waals surface area contributed by atoms with Gasteiger partial charge < -0.3 is 10.5 Å². The van der Waals surface area contributed by atoms with Gasteiger partial charge >= 0.3 is 0 Å². The molecule has 4 heteroatoms. The summed E-state index contributed by atoms with van der Waals surface area (Å²) in [6.45, 7) is 0. The van der Waals surface area contributed by atoms with E-state index in [4.69, 9.17) is 10.5 Å². The minimum Gasteiger partial charge on any atom is -0.494 e. The molecule has 0 spiro atoms. The summed E-state index contributed by atoms with van der Waals surface area (Å²) in [5.74, 6) is -0.158. The van der Waals surface area contributed by atoms with Crippen LogP contribution in [0.4, 0.5) is 4.39 Å². The number of fused-ring (bicyclic) bond motifs is 1. The van der Waals surface area contributed by atoms with Gasteiger partial charge in [0.05, 0.1) is 13.2 Å². The maximum Gasteiger partial charge on any atom is 0.165 e. The van der Waals surface area contributed by atoms with E-state index in [1.807, 2.05) is 17.5 Å². The van der Waals surface area contributed by atoms with Gasteiger partial charge in [-0.25, -0.2) is 4.39 Å². The summed E-state index contributed by atoms with van der Waals surface area (Å²) in [4.78, 5) is 0. The third-order valence-corrected chi connectivity index (χ3v) is 4.36. The molecule has 0 saturated heterocycles. The molecule has 2 N–H and O–H groups in total. The van der Waals surface area contributed by atoms with Crippen LogP contribution in [0.5, 0.6) is 5.75 Å². The summed E-state index contributed by atoms with van der Waals surface area (Å²) in [6, 6.07) is 12.6. The van der Waals surface area contributed by atoms with E-state index in [1.54, 1.807) is 23.5 Å². The number of thiophene rings is 1. The van der Waals surface area contributed by atoms with Crippen LogP contribution in [-0.4, -0.2) is 7.11 Å². The van der Waals surface area contributed by atoms with Crippen molar-refractivity contribution in [2.24, 2.45) is 5.73 Å². The lowest BCUT2D eigenvalue weighted by molar-refractivity contribution is 0.385. The lowest BCUT2D eigenvalue weighted by Gasteiger charge is -2.15. The first kappa shape index (κ1) is 13.1. The normalized spacial score (nSPS) is 12.6. The van der Waals surface area contributed by atoms with Crippen LogP contribution in [0.25, 0.3) is 10.1 Å². The van der Waals surface area contributed by atoms with Crippen molar-refractivity contribution in [1.29, 1.82) is 0 Å². The standard InChI is InChI=1S/C16H14FNOS/c1-19-14-9-11(5-6-13(14)17)15(18)12-4-2-3-10-7-8-20-16(10)12/h2-9,15H,18H2,1H3. The number of rotatable bonds is 3. The number of benzene rings is 2. The number of methoxy groups -OCH3 is 1. The first-order chi connectivity index (χ1) is 9.70. The van der Waals surface area contributed by atoms with Gasteiger partial charge in [0.15, 0.2) is 11.6 Å². The Bertz CT molecular complexity index is 753. The highest BCUT2D eigenvalue weighted by atomic mass is 32.1. The number of hydrogen-bond donors (Lipinski definition) is 1. The molecule has 0 bridgehead atoms. The average Bonchev–Trinajstić information content (AvgIpc) is 2.95. The molecular formula is C16H14FNOS. The molecule has 2 aromatic carbocycles. The van der Waals surface area contributed by atoms with Gasteiger partial charge in [0, 0.05) is 4.70 Å². The second-order valence-corrected chi connectivity index (χ2v) is 5.47. The summed E-state index contributed by atoms with van der Waals surface area (Å²) in [6.07, 6.45) is 0. The lowest BCUT2D eigenvalue weighted by Crippen LogP contribution is -2.12. The van der Waals surface area contributed by atoms with Crippen LogP contribution in [0, 0.1) is 5.82 Å². The van der Waals surface area contributed by atoms with Gasteiger partial charge in [-0.2, -0.15) is 0 Å². The van der Waals surface area contributed by atoms with E-state index in [1.165, 1.54) is 23.3 Å². The number of hydrogen-bond acceptors (Lipinski definition) is 3. The maximum absolute atomic E-state index is 13.5. The molecule has 1 unspecified atom stereocenters. The molecule has 1 heterocycles. The van der Waals surface area contributed by atoms with Crippen LogP contribution in [0.3, 0.4) is 0 Å². The van der Waals surface area contributed by atoms with Gasteiger partial charge in [0.2, 0.25) is 0 Å². The van der Waals surface area contributed by atoms with Gasteiger partial charge in [-0.1, -0.05) is 24.3 Å². The Kier molecular flexibility index (Phi) is 3.42. The number of ether oxygens (including phenoxy) is 1. The summed E-state index contributed by atoms with van der Waals surface area (Å²) in [7, 11) is 1.45. The Labute approximate surface area is 120 Å². The van der Waals surface area contributed by atoms with Crippen LogP contribution in [-0.2, 0) is 0 Å². The smallest absolute Gasteiger partial charge is 0.165 e. The number of halogens is 1. The highest BCUT2D eigenvalue weighted by molar-refractivity contribution is 7.17. The van der Waals surface area contributed by atoms with E-state index in [-0.39, 0.29) is 17.6 Å². The first-order valence-electron chi connectivity index (χ1n) is 6.26. The fraction of sp³-hybridized carbons (Fsp3) is 0.125. The van der Waals surface area contributed by atoms with Crippen molar-refractivity contribution in [3.8, 4) is 5.75 Å². The van der Waals surface area contributed by atoms with Crippen LogP contribution in [0.15, 0.2) is 47.8 Å². The van der Waals surface area contributed by atoms with Crippen LogP contribution in [0.2, 0.25) is 0 Å². The molecule has 3 rings (SSSR count). The SMILES string of the molecule is COc1cc(C(N)c2cccc3ccsc23)ccc1F. The maximum atomic E-state index is 13.5. The van der Waals surface area contributed by atoms with Crippen LogP contribution in [0.1, 0.15) is 17.2 Å². The second kappa shape index (κ2) is 5.23. The largest absolute Gasteiger partial charge is 0.494 e. The van der Waals surface area contributed by atoms with Crippen molar-refractivity contribution in [2.75, 3.05) is 7.11 Å². The molecule has 20 heavy (non-hydrogen) atoms. The van der Waals surface area contributed by atoms with Gasteiger partial charge in [-0.3, -0.25) is 0 Å². The Morgan fingerprint density at radius 2 is 2.05 bits per heavy atom. The van der Waals surface area contributed by atoms with Gasteiger partial charge in [-0.15, -0.1) is 11.3 Å². The zero-order valence-corrected chi connectivity index (χ0v) is 11.8. The minimum absolute atomic E-state index is 0.219. The van der Waals surface area contributed by atoms with E-state index in [0.717, 1.165) is 11.1 Å². The molecule has 102 valence electrons. The van der Waals surface area contributed by atoms with Crippen molar-refractivity contribution in [3.05, 3.63) is 64.8 Å². The van der Waals surface area contributed by atoms with E-state index in [0.29, 0.717) is 0 Å². The zero-order chi connectivity index (χ0) is 14.1. The van der Waals surface area contributed by atoms with Crippen molar-refractivity contribution >= 4 is 21.4 Å². The van der Waals surface area contributed by atoms with Crippen molar-refractivity contribution in [2.45, 2.75) is 6.04 Å². The highest BCUT2D eigenvalue weighted by Gasteiger charge is 2.15. The fourth-order valence-electron chi connectivity index (χ4n) is 2.31. The Hall–Kier alpha value is -1.91. The minimum atomic E-state index is -0.377. The highest BCUT2D eigenvalue weighted by Crippen LogP contribution is 2.32. The van der Waals surface area contributed by atoms with E-state index >= 15 is 0 Å². The molecule has 0 radical (unpaired) electrons. The predicted octanol–water partition coefficient (Wildman–Crippen LogP) is 4.10. The predicted molar refractivity (Wildman–Crippen MR) is 80.8 cm³/mol. The molecule has 0 saturated carbocycles. The monoisotopic (exact) mass is 287 g/mol. The van der Waals surface area contributed by atoms with Gasteiger partial charge in [0.1, 0.15) is 0 Å². The topological polar surface area (TPSA) is 35.2 Å². The van der Waals surface area contributed by atoms with Gasteiger partial charge in [0.25, 0.3) is 0 Å². The fourth-order valence-corrected chi connectivity index (χ4v) is 3.26. The molecule has 1 atom stereocenters. The summed E-state index contributed by atoms with van der Waals surface area (Å²) >= 11 is 1.66. The van der Waals surface area contributed by atoms with E-state index in [2.05, 4.69) is 12.1 Å². The van der Waals surface area contributed by atoms with Crippen molar-refractivity contribution < 1.29 is 9.13 Å². The Morgan fingerprint density at radius 1 is 1.20 bits per heavy atom. The summed E-state index contributed by atoms with van der Waals surface area (Å²) in [5, 5.41) is 3.23. The van der Waals surface area contributed by atoms with Gasteiger partial charge in [-0.05, 0) is 40.1 Å². The number of nitrogens with two attached hydrogens (primary N) is 1. The summed E-state index contributed by atoms with van der Waals surface area (Å²) in [5.41, 5.74) is 8.23. The zero-order valence-electron chi connectivity index (χ0n) is 11.0. The third kappa shape index (κ3) is 2.17. The molecule has 2 nitrogen and oxygen atoms in total. The quantitative estimate of drug-likeness (QED) is 0.787. The van der Waals surface area contributed by atoms with E-state index in [9.17, 15) is 4.39 Å². The Balaban J connectivity index is 2.08. The summed E-state index contributed by atoms with van der Waals surface area (Å²) < 4.78 is 19.7. The average molecular weight is 287 g/mol. The van der Waals surface area contributed by atoms with Crippen LogP contribution < -0.4 is 10.5 Å². The Morgan fingerprint density at radius 3 is 2.85 bits per heavy atom. The second-order valence-electron chi connectivity index (χ2n) is 4.56. The molecule has 0 aliphatic heterocycles. The first-order valence-corrected chi connectivity index (χ1v) is 7.14. The lowest BCUT2D eigenvalue weighted by atomic mass is 9.98. The van der Waals surface area contributed by atoms with Crippen molar-refractivity contribution in [3.63, 3.8) is 0 Å². The molecular weight excluding hydrogens is 273 g/mol. The molecule has 0 aliphatic rings. The van der Waals surface area contributed by atoms with Crippen LogP contribution >= 0.6 is 11.3 Å². The molecule has 3 aromatic rings. The molecule has 0 fully saturated rings. The third-order valence-electron chi connectivity index (χ3n) is 3.38. The van der Waals surface area contributed by atoms with Crippen molar-refractivity contribution in [1.82, 2.24) is 0 Å². The molecule has 0 aliphatic carbocycles. The molecule has 0 amide bonds. The molecule has 1 aromatic heterocycles.